The summed E-state index contributed by atoms with van der Waals surface area (Å²) in [6, 6.07) is 14.8. The second-order valence-electron chi connectivity index (χ2n) is 7.26. The van der Waals surface area contributed by atoms with Gasteiger partial charge < -0.3 is 16.0 Å². The van der Waals surface area contributed by atoms with E-state index in [1.54, 1.807) is 6.07 Å². The number of thiophene rings is 1. The molecule has 3 heterocycles. The molecule has 1 aromatic heterocycles. The van der Waals surface area contributed by atoms with Crippen LogP contribution in [0.4, 0.5) is 10.1 Å². The molecule has 1 fully saturated rings. The maximum absolute atomic E-state index is 14.1. The number of rotatable bonds is 1. The Kier molecular flexibility index (Phi) is 3.87. The SMILES string of the molecule is NC1=NC2(CCN(C(=O)c3cc4ccccc4s3)CC2)Nc2cccc(F)c21. The molecule has 3 aromatic rings. The largest absolute Gasteiger partial charge is 0.383 e. The number of piperidine rings is 1. The molecular weight excluding hydrogens is 375 g/mol. The van der Waals surface area contributed by atoms with Gasteiger partial charge in [-0.2, -0.15) is 0 Å². The summed E-state index contributed by atoms with van der Waals surface area (Å²) in [5, 5.41) is 4.45. The van der Waals surface area contributed by atoms with E-state index in [0.29, 0.717) is 37.2 Å². The first-order valence-corrected chi connectivity index (χ1v) is 10.1. The van der Waals surface area contributed by atoms with E-state index in [1.165, 1.54) is 17.4 Å². The Bertz CT molecular complexity index is 1080. The van der Waals surface area contributed by atoms with Gasteiger partial charge in [-0.05, 0) is 29.7 Å². The van der Waals surface area contributed by atoms with Crippen molar-refractivity contribution >= 4 is 38.9 Å². The number of carbonyl (C=O) groups excluding carboxylic acids is 1. The van der Waals surface area contributed by atoms with Gasteiger partial charge in [-0.15, -0.1) is 11.3 Å². The van der Waals surface area contributed by atoms with Gasteiger partial charge in [0.2, 0.25) is 0 Å². The van der Waals surface area contributed by atoms with Crippen LogP contribution in [0.25, 0.3) is 10.1 Å². The minimum Gasteiger partial charge on any atom is -0.383 e. The normalized spacial score (nSPS) is 17.9. The first-order chi connectivity index (χ1) is 13.5. The van der Waals surface area contributed by atoms with Crippen LogP contribution in [0.2, 0.25) is 0 Å². The van der Waals surface area contributed by atoms with Crippen LogP contribution in [0.3, 0.4) is 0 Å². The highest BCUT2D eigenvalue weighted by atomic mass is 32.1. The molecule has 1 amide bonds. The van der Waals surface area contributed by atoms with Crippen molar-refractivity contribution in [2.24, 2.45) is 10.7 Å². The number of benzene rings is 2. The Morgan fingerprint density at radius 3 is 2.75 bits per heavy atom. The van der Waals surface area contributed by atoms with Crippen molar-refractivity contribution in [3.8, 4) is 0 Å². The Morgan fingerprint density at radius 1 is 1.18 bits per heavy atom. The summed E-state index contributed by atoms with van der Waals surface area (Å²) in [5.74, 6) is -0.107. The van der Waals surface area contributed by atoms with Crippen LogP contribution < -0.4 is 11.1 Å². The van der Waals surface area contributed by atoms with Crippen molar-refractivity contribution in [3.05, 3.63) is 64.8 Å². The van der Waals surface area contributed by atoms with Gasteiger partial charge in [0.05, 0.1) is 10.4 Å². The highest BCUT2D eigenvalue weighted by molar-refractivity contribution is 7.20. The van der Waals surface area contributed by atoms with Crippen LogP contribution in [0, 0.1) is 5.82 Å². The number of fused-ring (bicyclic) bond motifs is 2. The van der Waals surface area contributed by atoms with Gasteiger partial charge in [0.1, 0.15) is 17.3 Å². The lowest BCUT2D eigenvalue weighted by atomic mass is 9.93. The van der Waals surface area contributed by atoms with E-state index in [4.69, 9.17) is 5.73 Å². The number of likely N-dealkylation sites (tertiary alicyclic amines) is 1. The first kappa shape index (κ1) is 17.2. The minimum absolute atomic E-state index is 0.0512. The number of nitrogens with two attached hydrogens (primary N) is 1. The highest BCUT2D eigenvalue weighted by Gasteiger charge is 2.39. The molecule has 0 unspecified atom stereocenters. The van der Waals surface area contributed by atoms with Crippen molar-refractivity contribution in [1.29, 1.82) is 0 Å². The van der Waals surface area contributed by atoms with Gasteiger partial charge in [0.15, 0.2) is 0 Å². The van der Waals surface area contributed by atoms with E-state index in [-0.39, 0.29) is 17.6 Å². The first-order valence-electron chi connectivity index (χ1n) is 9.25. The molecule has 0 saturated carbocycles. The van der Waals surface area contributed by atoms with Crippen LogP contribution in [-0.4, -0.2) is 35.4 Å². The molecule has 0 radical (unpaired) electrons. The third-order valence-corrected chi connectivity index (χ3v) is 6.59. The lowest BCUT2D eigenvalue weighted by Crippen LogP contribution is -2.52. The molecule has 0 atom stereocenters. The lowest BCUT2D eigenvalue weighted by Gasteiger charge is -2.42. The van der Waals surface area contributed by atoms with Crippen molar-refractivity contribution in [2.75, 3.05) is 18.4 Å². The maximum Gasteiger partial charge on any atom is 0.263 e. The molecule has 3 N–H and O–H groups in total. The highest BCUT2D eigenvalue weighted by Crippen LogP contribution is 2.36. The van der Waals surface area contributed by atoms with E-state index in [0.717, 1.165) is 15.0 Å². The predicted molar refractivity (Wildman–Crippen MR) is 110 cm³/mol. The van der Waals surface area contributed by atoms with E-state index < -0.39 is 5.66 Å². The minimum atomic E-state index is -0.582. The zero-order valence-corrected chi connectivity index (χ0v) is 15.9. The second kappa shape index (κ2) is 6.31. The molecule has 28 heavy (non-hydrogen) atoms. The fourth-order valence-electron chi connectivity index (χ4n) is 4.01. The summed E-state index contributed by atoms with van der Waals surface area (Å²) >= 11 is 1.52. The predicted octanol–water partition coefficient (Wildman–Crippen LogP) is 3.80. The summed E-state index contributed by atoms with van der Waals surface area (Å²) in [4.78, 5) is 20.2. The second-order valence-corrected chi connectivity index (χ2v) is 8.34. The van der Waals surface area contributed by atoms with Gasteiger partial charge in [-0.25, -0.2) is 9.38 Å². The molecule has 0 bridgehead atoms. The van der Waals surface area contributed by atoms with E-state index in [2.05, 4.69) is 10.3 Å². The molecule has 5 nitrogen and oxygen atoms in total. The lowest BCUT2D eigenvalue weighted by molar-refractivity contribution is 0.0690. The molecule has 2 aromatic carbocycles. The zero-order valence-electron chi connectivity index (χ0n) is 15.1. The van der Waals surface area contributed by atoms with E-state index in [1.807, 2.05) is 41.3 Å². The van der Waals surface area contributed by atoms with Crippen LogP contribution in [0.15, 0.2) is 53.5 Å². The Hall–Kier alpha value is -2.93. The maximum atomic E-state index is 14.1. The monoisotopic (exact) mass is 394 g/mol. The average Bonchev–Trinajstić information content (AvgIpc) is 3.12. The molecule has 0 aliphatic carbocycles. The number of anilines is 1. The molecule has 7 heteroatoms. The number of hydrogen-bond acceptors (Lipinski definition) is 5. The number of halogens is 1. The molecular formula is C21H19FN4OS. The Balaban J connectivity index is 1.35. The van der Waals surface area contributed by atoms with Crippen molar-refractivity contribution < 1.29 is 9.18 Å². The van der Waals surface area contributed by atoms with Crippen molar-refractivity contribution in [2.45, 2.75) is 18.5 Å². The molecule has 5 rings (SSSR count). The third-order valence-electron chi connectivity index (χ3n) is 5.49. The van der Waals surface area contributed by atoms with Gasteiger partial charge in [-0.1, -0.05) is 24.3 Å². The van der Waals surface area contributed by atoms with Gasteiger partial charge in [0, 0.05) is 36.3 Å². The van der Waals surface area contributed by atoms with Gasteiger partial charge in [0.25, 0.3) is 5.91 Å². The quantitative estimate of drug-likeness (QED) is 0.659. The fourth-order valence-corrected chi connectivity index (χ4v) is 5.04. The summed E-state index contributed by atoms with van der Waals surface area (Å²) in [6.45, 7) is 1.14. The zero-order chi connectivity index (χ0) is 19.3. The van der Waals surface area contributed by atoms with E-state index >= 15 is 0 Å². The number of nitrogens with zero attached hydrogens (tertiary/aromatic N) is 2. The smallest absolute Gasteiger partial charge is 0.263 e. The Labute approximate surface area is 165 Å². The van der Waals surface area contributed by atoms with E-state index in [9.17, 15) is 9.18 Å². The van der Waals surface area contributed by atoms with Crippen LogP contribution in [0.1, 0.15) is 28.1 Å². The summed E-state index contributed by atoms with van der Waals surface area (Å²) < 4.78 is 15.2. The number of amidine groups is 1. The molecule has 2 aliphatic heterocycles. The van der Waals surface area contributed by atoms with Crippen molar-refractivity contribution in [3.63, 3.8) is 0 Å². The number of aliphatic imine (C=N–C) groups is 1. The molecule has 1 saturated heterocycles. The molecule has 1 spiro atoms. The Morgan fingerprint density at radius 2 is 1.96 bits per heavy atom. The third kappa shape index (κ3) is 2.74. The van der Waals surface area contributed by atoms with Crippen LogP contribution >= 0.6 is 11.3 Å². The number of amides is 1. The molecule has 142 valence electrons. The van der Waals surface area contributed by atoms with Gasteiger partial charge in [-0.3, -0.25) is 4.79 Å². The summed E-state index contributed by atoms with van der Waals surface area (Å²) in [7, 11) is 0. The number of nitrogens with one attached hydrogen (secondary N) is 1. The average molecular weight is 394 g/mol. The fraction of sp³-hybridized carbons (Fsp3) is 0.238. The topological polar surface area (TPSA) is 70.7 Å². The van der Waals surface area contributed by atoms with Gasteiger partial charge >= 0.3 is 0 Å². The molecule has 2 aliphatic rings. The van der Waals surface area contributed by atoms with Crippen LogP contribution in [-0.2, 0) is 0 Å². The van der Waals surface area contributed by atoms with Crippen LogP contribution in [0.5, 0.6) is 0 Å². The number of hydrogen-bond donors (Lipinski definition) is 2. The summed E-state index contributed by atoms with van der Waals surface area (Å²) in [5.41, 5.74) is 6.49. The summed E-state index contributed by atoms with van der Waals surface area (Å²) in [6.07, 6.45) is 1.25. The van der Waals surface area contributed by atoms with Crippen molar-refractivity contribution in [1.82, 2.24) is 4.90 Å². The number of carbonyl (C=O) groups is 1. The standard InChI is InChI=1S/C21H19FN4OS/c22-14-5-3-6-15-18(14)19(23)25-21(24-15)8-10-26(11-9-21)20(27)17-12-13-4-1-2-7-16(13)28-17/h1-7,12,24H,8-11H2,(H2,23,25).